The molecule has 78 valence electrons. The van der Waals surface area contributed by atoms with Crippen LogP contribution >= 0.6 is 15.9 Å². The highest BCUT2D eigenvalue weighted by atomic mass is 79.9. The summed E-state index contributed by atoms with van der Waals surface area (Å²) in [5.74, 6) is 1.01. The van der Waals surface area contributed by atoms with Gasteiger partial charge in [0.25, 0.3) is 0 Å². The number of hydrogen-bond donors (Lipinski definition) is 0. The van der Waals surface area contributed by atoms with Gasteiger partial charge in [0.1, 0.15) is 10.4 Å². The van der Waals surface area contributed by atoms with Crippen LogP contribution in [0.5, 0.6) is 0 Å². The predicted octanol–water partition coefficient (Wildman–Crippen LogP) is 3.47. The molecule has 2 nitrogen and oxygen atoms in total. The quantitative estimate of drug-likeness (QED) is 0.772. The lowest BCUT2D eigenvalue weighted by molar-refractivity contribution is 0.865. The molecule has 0 aliphatic heterocycles. The van der Waals surface area contributed by atoms with Crippen molar-refractivity contribution in [2.24, 2.45) is 7.05 Å². The maximum Gasteiger partial charge on any atom is 0.132 e. The van der Waals surface area contributed by atoms with Crippen molar-refractivity contribution in [2.45, 2.75) is 13.8 Å². The largest absolute Gasteiger partial charge is 0.330 e. The summed E-state index contributed by atoms with van der Waals surface area (Å²) >= 11 is 3.49. The van der Waals surface area contributed by atoms with Gasteiger partial charge >= 0.3 is 0 Å². The molecule has 0 amide bonds. The predicted molar refractivity (Wildman–Crippen MR) is 65.8 cm³/mol. The summed E-state index contributed by atoms with van der Waals surface area (Å²) in [5, 5.41) is 0. The summed E-state index contributed by atoms with van der Waals surface area (Å²) < 4.78 is 3.00. The highest BCUT2D eigenvalue weighted by Gasteiger charge is 2.11. The number of aromatic nitrogens is 2. The SMILES string of the molecule is Cc1ccc(-c2c(Br)nc(C)n2C)cc1. The van der Waals surface area contributed by atoms with Crippen LogP contribution in [0.3, 0.4) is 0 Å². The molecule has 1 aromatic heterocycles. The summed E-state index contributed by atoms with van der Waals surface area (Å²) in [4.78, 5) is 4.39. The summed E-state index contributed by atoms with van der Waals surface area (Å²) in [5.41, 5.74) is 3.59. The molecular weight excluding hydrogens is 252 g/mol. The van der Waals surface area contributed by atoms with Gasteiger partial charge < -0.3 is 4.57 Å². The number of benzene rings is 1. The van der Waals surface area contributed by atoms with E-state index >= 15 is 0 Å². The molecule has 0 spiro atoms. The minimum atomic E-state index is 0.909. The molecule has 0 atom stereocenters. The van der Waals surface area contributed by atoms with Crippen molar-refractivity contribution in [1.82, 2.24) is 9.55 Å². The molecule has 15 heavy (non-hydrogen) atoms. The number of imidazole rings is 1. The lowest BCUT2D eigenvalue weighted by Gasteiger charge is -2.04. The number of aryl methyl sites for hydroxylation is 2. The molecule has 0 radical (unpaired) electrons. The molecule has 3 heteroatoms. The molecule has 0 fully saturated rings. The number of hydrogen-bond acceptors (Lipinski definition) is 1. The first kappa shape index (κ1) is 10.4. The molecule has 2 rings (SSSR count). The first-order chi connectivity index (χ1) is 7.09. The van der Waals surface area contributed by atoms with Crippen molar-refractivity contribution in [3.05, 3.63) is 40.3 Å². The molecule has 0 aliphatic carbocycles. The Morgan fingerprint density at radius 2 is 1.73 bits per heavy atom. The fourth-order valence-corrected chi connectivity index (χ4v) is 2.35. The molecule has 0 saturated heterocycles. The highest BCUT2D eigenvalue weighted by Crippen LogP contribution is 2.28. The monoisotopic (exact) mass is 264 g/mol. The molecule has 1 aromatic carbocycles. The smallest absolute Gasteiger partial charge is 0.132 e. The zero-order valence-corrected chi connectivity index (χ0v) is 10.7. The van der Waals surface area contributed by atoms with E-state index < -0.39 is 0 Å². The van der Waals surface area contributed by atoms with Gasteiger partial charge in [-0.25, -0.2) is 4.98 Å². The lowest BCUT2D eigenvalue weighted by Crippen LogP contribution is -1.94. The Morgan fingerprint density at radius 1 is 1.13 bits per heavy atom. The Balaban J connectivity index is 2.58. The second-order valence-corrected chi connectivity index (χ2v) is 4.47. The van der Waals surface area contributed by atoms with Crippen molar-refractivity contribution in [3.63, 3.8) is 0 Å². The second-order valence-electron chi connectivity index (χ2n) is 3.72. The van der Waals surface area contributed by atoms with E-state index in [1.54, 1.807) is 0 Å². The van der Waals surface area contributed by atoms with Gasteiger partial charge in [0.15, 0.2) is 0 Å². The van der Waals surface area contributed by atoms with Crippen LogP contribution in [-0.4, -0.2) is 9.55 Å². The van der Waals surface area contributed by atoms with E-state index in [1.165, 1.54) is 11.1 Å². The van der Waals surface area contributed by atoms with Gasteiger partial charge in [-0.15, -0.1) is 0 Å². The number of rotatable bonds is 1. The van der Waals surface area contributed by atoms with Crippen molar-refractivity contribution in [2.75, 3.05) is 0 Å². The van der Waals surface area contributed by atoms with Crippen molar-refractivity contribution in [3.8, 4) is 11.3 Å². The average molecular weight is 265 g/mol. The normalized spacial score (nSPS) is 10.7. The van der Waals surface area contributed by atoms with Gasteiger partial charge in [-0.2, -0.15) is 0 Å². The van der Waals surface area contributed by atoms with E-state index in [0.717, 1.165) is 16.1 Å². The van der Waals surface area contributed by atoms with E-state index in [2.05, 4.69) is 56.7 Å². The zero-order valence-electron chi connectivity index (χ0n) is 9.08. The molecule has 0 aliphatic rings. The fraction of sp³-hybridized carbons (Fsp3) is 0.250. The van der Waals surface area contributed by atoms with Crippen molar-refractivity contribution >= 4 is 15.9 Å². The van der Waals surface area contributed by atoms with Crippen LogP contribution in [0, 0.1) is 13.8 Å². The summed E-state index contributed by atoms with van der Waals surface area (Å²) in [6.07, 6.45) is 0. The van der Waals surface area contributed by atoms with Crippen LogP contribution in [0.15, 0.2) is 28.9 Å². The summed E-state index contributed by atoms with van der Waals surface area (Å²) in [6, 6.07) is 8.47. The Hall–Kier alpha value is -1.09. The molecular formula is C12H13BrN2. The minimum Gasteiger partial charge on any atom is -0.330 e. The standard InChI is InChI=1S/C12H13BrN2/c1-8-4-6-10(7-5-8)11-12(13)14-9(2)15(11)3/h4-7H,1-3H3. The zero-order chi connectivity index (χ0) is 11.0. The Bertz CT molecular complexity index is 483. The number of nitrogens with zero attached hydrogens (tertiary/aromatic N) is 2. The van der Waals surface area contributed by atoms with Crippen LogP contribution in [0.2, 0.25) is 0 Å². The maximum atomic E-state index is 4.39. The molecule has 0 unspecified atom stereocenters. The van der Waals surface area contributed by atoms with Gasteiger partial charge in [0.05, 0.1) is 5.69 Å². The van der Waals surface area contributed by atoms with Gasteiger partial charge in [-0.3, -0.25) is 0 Å². The van der Waals surface area contributed by atoms with E-state index in [0.29, 0.717) is 0 Å². The summed E-state index contributed by atoms with van der Waals surface area (Å²) in [7, 11) is 2.03. The lowest BCUT2D eigenvalue weighted by atomic mass is 10.1. The molecule has 2 aromatic rings. The first-order valence-electron chi connectivity index (χ1n) is 4.85. The average Bonchev–Trinajstić information content (AvgIpc) is 2.44. The van der Waals surface area contributed by atoms with Crippen LogP contribution in [0.4, 0.5) is 0 Å². The summed E-state index contributed by atoms with van der Waals surface area (Å²) in [6.45, 7) is 4.09. The third kappa shape index (κ3) is 1.84. The minimum absolute atomic E-state index is 0.909. The maximum absolute atomic E-state index is 4.39. The molecule has 0 bridgehead atoms. The molecule has 0 N–H and O–H groups in total. The Labute approximate surface area is 98.1 Å². The van der Waals surface area contributed by atoms with Gasteiger partial charge in [0, 0.05) is 12.6 Å². The highest BCUT2D eigenvalue weighted by molar-refractivity contribution is 9.10. The van der Waals surface area contributed by atoms with Gasteiger partial charge in [0.2, 0.25) is 0 Å². The van der Waals surface area contributed by atoms with Crippen LogP contribution in [0.25, 0.3) is 11.3 Å². The fourth-order valence-electron chi connectivity index (χ4n) is 1.59. The van der Waals surface area contributed by atoms with Crippen LogP contribution < -0.4 is 0 Å². The van der Waals surface area contributed by atoms with E-state index in [-0.39, 0.29) is 0 Å². The molecule has 0 saturated carbocycles. The topological polar surface area (TPSA) is 17.8 Å². The van der Waals surface area contributed by atoms with Crippen molar-refractivity contribution < 1.29 is 0 Å². The Kier molecular flexibility index (Phi) is 2.65. The third-order valence-corrected chi connectivity index (χ3v) is 3.15. The number of halogens is 1. The first-order valence-corrected chi connectivity index (χ1v) is 5.64. The van der Waals surface area contributed by atoms with E-state index in [4.69, 9.17) is 0 Å². The van der Waals surface area contributed by atoms with Crippen molar-refractivity contribution in [1.29, 1.82) is 0 Å². The van der Waals surface area contributed by atoms with Gasteiger partial charge in [-0.05, 0) is 29.8 Å². The second kappa shape index (κ2) is 3.81. The third-order valence-electron chi connectivity index (χ3n) is 2.60. The van der Waals surface area contributed by atoms with Crippen LogP contribution in [-0.2, 0) is 7.05 Å². The van der Waals surface area contributed by atoms with Crippen LogP contribution in [0.1, 0.15) is 11.4 Å². The van der Waals surface area contributed by atoms with Gasteiger partial charge in [-0.1, -0.05) is 29.8 Å². The Morgan fingerprint density at radius 3 is 2.20 bits per heavy atom. The molecule has 1 heterocycles. The van der Waals surface area contributed by atoms with E-state index in [9.17, 15) is 0 Å². The van der Waals surface area contributed by atoms with E-state index in [1.807, 2.05) is 14.0 Å².